The minimum atomic E-state index is -0.230. The van der Waals surface area contributed by atoms with Gasteiger partial charge in [0.2, 0.25) is 0 Å². The highest BCUT2D eigenvalue weighted by molar-refractivity contribution is 5.88. The van der Waals surface area contributed by atoms with Crippen LogP contribution in [0.25, 0.3) is 0 Å². The van der Waals surface area contributed by atoms with Crippen LogP contribution in [0.5, 0.6) is 5.75 Å². The fraction of sp³-hybridized carbons (Fsp3) is 0.412. The molecule has 0 saturated heterocycles. The van der Waals surface area contributed by atoms with E-state index in [1.165, 1.54) is 19.3 Å². The summed E-state index contributed by atoms with van der Waals surface area (Å²) in [5, 5.41) is 19.4. The smallest absolute Gasteiger partial charge is 0.320 e. The molecular weight excluding hydrogens is 292 g/mol. The number of aryl methyl sites for hydroxylation is 1. The molecule has 0 radical (unpaired) electrons. The van der Waals surface area contributed by atoms with Crippen molar-refractivity contribution < 1.29 is 9.90 Å². The van der Waals surface area contributed by atoms with E-state index in [0.717, 1.165) is 11.3 Å². The van der Waals surface area contributed by atoms with Crippen LogP contribution in [0.3, 0.4) is 0 Å². The van der Waals surface area contributed by atoms with E-state index in [2.05, 4.69) is 15.7 Å². The van der Waals surface area contributed by atoms with Gasteiger partial charge in [0.1, 0.15) is 11.6 Å². The monoisotopic (exact) mass is 314 g/mol. The number of hydrogen-bond acceptors (Lipinski definition) is 3. The average molecular weight is 314 g/mol. The van der Waals surface area contributed by atoms with Crippen molar-refractivity contribution in [1.82, 2.24) is 15.1 Å². The molecule has 1 aromatic heterocycles. The number of benzene rings is 1. The van der Waals surface area contributed by atoms with Crippen LogP contribution in [0, 0.1) is 0 Å². The summed E-state index contributed by atoms with van der Waals surface area (Å²) in [4.78, 5) is 12.0. The van der Waals surface area contributed by atoms with Crippen molar-refractivity contribution in [2.75, 3.05) is 11.9 Å². The molecule has 3 N–H and O–H groups in total. The number of rotatable bonds is 5. The zero-order valence-electron chi connectivity index (χ0n) is 13.2. The summed E-state index contributed by atoms with van der Waals surface area (Å²) in [6, 6.07) is 8.72. The Morgan fingerprint density at radius 3 is 2.74 bits per heavy atom. The molecule has 6 nitrogen and oxygen atoms in total. The summed E-state index contributed by atoms with van der Waals surface area (Å²) in [6.45, 7) is 0.532. The molecule has 0 bridgehead atoms. The first kappa shape index (κ1) is 15.4. The third kappa shape index (κ3) is 3.83. The molecule has 6 heteroatoms. The lowest BCUT2D eigenvalue weighted by Gasteiger charge is -2.22. The van der Waals surface area contributed by atoms with E-state index < -0.39 is 0 Å². The molecule has 1 heterocycles. The van der Waals surface area contributed by atoms with Gasteiger partial charge in [-0.3, -0.25) is 10.00 Å². The van der Waals surface area contributed by atoms with Crippen LogP contribution < -0.4 is 10.6 Å². The normalized spacial score (nSPS) is 14.3. The summed E-state index contributed by atoms with van der Waals surface area (Å²) >= 11 is 0. The van der Waals surface area contributed by atoms with E-state index >= 15 is 0 Å². The Morgan fingerprint density at radius 2 is 2.09 bits per heavy atom. The molecule has 0 unspecified atom stereocenters. The molecule has 0 spiro atoms. The number of phenolic OH excluding ortho intramolecular Hbond substituents is 1. The van der Waals surface area contributed by atoms with E-state index in [-0.39, 0.29) is 11.8 Å². The van der Waals surface area contributed by atoms with Gasteiger partial charge in [-0.25, -0.2) is 4.79 Å². The van der Waals surface area contributed by atoms with Crippen molar-refractivity contribution in [3.63, 3.8) is 0 Å². The highest BCUT2D eigenvalue weighted by Crippen LogP contribution is 2.36. The van der Waals surface area contributed by atoms with Crippen LogP contribution in [-0.4, -0.2) is 27.5 Å². The number of carbonyl (C=O) groups is 1. The van der Waals surface area contributed by atoms with Gasteiger partial charge < -0.3 is 10.4 Å². The summed E-state index contributed by atoms with van der Waals surface area (Å²) in [7, 11) is 1.84. The van der Waals surface area contributed by atoms with Crippen LogP contribution in [0.1, 0.15) is 36.4 Å². The second kappa shape index (κ2) is 6.73. The lowest BCUT2D eigenvalue weighted by Crippen LogP contribution is -2.31. The van der Waals surface area contributed by atoms with Gasteiger partial charge in [-0.05, 0) is 37.0 Å². The van der Waals surface area contributed by atoms with Crippen molar-refractivity contribution in [3.8, 4) is 5.75 Å². The quantitative estimate of drug-likeness (QED) is 0.794. The molecule has 1 aromatic carbocycles. The van der Waals surface area contributed by atoms with E-state index in [4.69, 9.17) is 0 Å². The number of amides is 2. The molecule has 3 rings (SSSR count). The minimum absolute atomic E-state index is 0.230. The molecule has 1 saturated carbocycles. The van der Waals surface area contributed by atoms with E-state index in [1.54, 1.807) is 16.8 Å². The SMILES string of the molecule is Cn1nc(C2CCC2)cc1NC(=O)NCCc1ccc(O)cc1. The molecule has 0 aliphatic heterocycles. The van der Waals surface area contributed by atoms with Crippen LogP contribution in [0.2, 0.25) is 0 Å². The predicted octanol–water partition coefficient (Wildman–Crippen LogP) is 2.76. The van der Waals surface area contributed by atoms with Crippen molar-refractivity contribution in [2.45, 2.75) is 31.6 Å². The molecule has 2 amide bonds. The number of aromatic nitrogens is 2. The maximum absolute atomic E-state index is 12.0. The molecule has 2 aromatic rings. The van der Waals surface area contributed by atoms with Gasteiger partial charge >= 0.3 is 6.03 Å². The van der Waals surface area contributed by atoms with Crippen LogP contribution in [0.15, 0.2) is 30.3 Å². The molecule has 23 heavy (non-hydrogen) atoms. The summed E-state index contributed by atoms with van der Waals surface area (Å²) in [6.07, 6.45) is 4.36. The zero-order chi connectivity index (χ0) is 16.2. The largest absolute Gasteiger partial charge is 0.508 e. The van der Waals surface area contributed by atoms with E-state index in [0.29, 0.717) is 24.7 Å². The predicted molar refractivity (Wildman–Crippen MR) is 88.6 cm³/mol. The van der Waals surface area contributed by atoms with Crippen LogP contribution in [0.4, 0.5) is 10.6 Å². The Kier molecular flexibility index (Phi) is 4.50. The standard InChI is InChI=1S/C17H22N4O2/c1-21-16(11-15(20-21)13-3-2-4-13)19-17(23)18-10-9-12-5-7-14(22)8-6-12/h5-8,11,13,22H,2-4,9-10H2,1H3,(H2,18,19,23). The van der Waals surface area contributed by atoms with Gasteiger partial charge in [0.15, 0.2) is 0 Å². The Balaban J connectivity index is 1.47. The fourth-order valence-electron chi connectivity index (χ4n) is 2.65. The van der Waals surface area contributed by atoms with Crippen molar-refractivity contribution >= 4 is 11.8 Å². The number of nitrogens with one attached hydrogen (secondary N) is 2. The Morgan fingerprint density at radius 1 is 1.35 bits per heavy atom. The number of aromatic hydroxyl groups is 1. The van der Waals surface area contributed by atoms with Gasteiger partial charge in [0.25, 0.3) is 0 Å². The number of anilines is 1. The van der Waals surface area contributed by atoms with Crippen molar-refractivity contribution in [1.29, 1.82) is 0 Å². The maximum Gasteiger partial charge on any atom is 0.320 e. The lowest BCUT2D eigenvalue weighted by molar-refractivity contribution is 0.252. The molecule has 1 aliphatic carbocycles. The second-order valence-corrected chi connectivity index (χ2v) is 6.00. The van der Waals surface area contributed by atoms with Gasteiger partial charge in [0.05, 0.1) is 5.69 Å². The number of nitrogens with zero attached hydrogens (tertiary/aromatic N) is 2. The summed E-state index contributed by atoms with van der Waals surface area (Å²) in [5.74, 6) is 1.52. The zero-order valence-corrected chi connectivity index (χ0v) is 13.2. The van der Waals surface area contributed by atoms with Crippen molar-refractivity contribution in [2.24, 2.45) is 7.05 Å². The Hall–Kier alpha value is -2.50. The maximum atomic E-state index is 12.0. The Bertz CT molecular complexity index is 674. The number of hydrogen-bond donors (Lipinski definition) is 3. The first-order valence-electron chi connectivity index (χ1n) is 7.98. The summed E-state index contributed by atoms with van der Waals surface area (Å²) in [5.41, 5.74) is 2.13. The lowest BCUT2D eigenvalue weighted by atomic mass is 9.83. The number of carbonyl (C=O) groups excluding carboxylic acids is 1. The first-order chi connectivity index (χ1) is 11.1. The molecular formula is C17H22N4O2. The van der Waals surface area contributed by atoms with Crippen molar-refractivity contribution in [3.05, 3.63) is 41.6 Å². The number of phenols is 1. The topological polar surface area (TPSA) is 79.2 Å². The highest BCUT2D eigenvalue weighted by atomic mass is 16.3. The third-order valence-corrected chi connectivity index (χ3v) is 4.30. The third-order valence-electron chi connectivity index (χ3n) is 4.30. The highest BCUT2D eigenvalue weighted by Gasteiger charge is 2.23. The van der Waals surface area contributed by atoms with Crippen LogP contribution >= 0.6 is 0 Å². The number of urea groups is 1. The minimum Gasteiger partial charge on any atom is -0.508 e. The molecule has 0 atom stereocenters. The van der Waals surface area contributed by atoms with Crippen LogP contribution in [-0.2, 0) is 13.5 Å². The molecule has 122 valence electrons. The fourth-order valence-corrected chi connectivity index (χ4v) is 2.65. The molecule has 1 aliphatic rings. The van der Waals surface area contributed by atoms with E-state index in [1.807, 2.05) is 25.2 Å². The second-order valence-electron chi connectivity index (χ2n) is 6.00. The van der Waals surface area contributed by atoms with E-state index in [9.17, 15) is 9.90 Å². The van der Waals surface area contributed by atoms with Gasteiger partial charge in [-0.1, -0.05) is 18.6 Å². The average Bonchev–Trinajstić information content (AvgIpc) is 2.80. The Labute approximate surface area is 135 Å². The summed E-state index contributed by atoms with van der Waals surface area (Å²) < 4.78 is 1.72. The molecule has 1 fully saturated rings. The van der Waals surface area contributed by atoms with Gasteiger partial charge in [-0.15, -0.1) is 0 Å². The van der Waals surface area contributed by atoms with Gasteiger partial charge in [0, 0.05) is 25.6 Å². The first-order valence-corrected chi connectivity index (χ1v) is 7.98. The van der Waals surface area contributed by atoms with Gasteiger partial charge in [-0.2, -0.15) is 5.10 Å².